The van der Waals surface area contributed by atoms with Crippen molar-refractivity contribution < 1.29 is 24.5 Å². The molecule has 1 aromatic heterocycles. The molecule has 23 heavy (non-hydrogen) atoms. The number of phenolic OH excluding ortho intramolecular Hbond substituents is 1. The van der Waals surface area contributed by atoms with Gasteiger partial charge >= 0.3 is 5.97 Å². The molecule has 0 amide bonds. The molecule has 1 aromatic carbocycles. The molecule has 2 rings (SSSR count). The van der Waals surface area contributed by atoms with Crippen LogP contribution in [0.1, 0.15) is 17.0 Å². The number of nitrogens with zero attached hydrogens (tertiary/aromatic N) is 2. The molecule has 0 saturated heterocycles. The van der Waals surface area contributed by atoms with Crippen LogP contribution in [0, 0.1) is 6.92 Å². The molecule has 0 aliphatic rings. The maximum Gasteiger partial charge on any atom is 0.325 e. The van der Waals surface area contributed by atoms with Gasteiger partial charge in [0.2, 0.25) is 5.75 Å². The van der Waals surface area contributed by atoms with Gasteiger partial charge in [0.25, 0.3) is 0 Å². The van der Waals surface area contributed by atoms with E-state index in [0.29, 0.717) is 17.2 Å². The molecule has 0 unspecified atom stereocenters. The number of ether oxygens (including phenoxy) is 2. The maximum atomic E-state index is 10.9. The van der Waals surface area contributed by atoms with Gasteiger partial charge < -0.3 is 19.7 Å². The zero-order chi connectivity index (χ0) is 17.0. The summed E-state index contributed by atoms with van der Waals surface area (Å²) < 4.78 is 11.6. The van der Waals surface area contributed by atoms with Crippen molar-refractivity contribution in [1.82, 2.24) is 9.78 Å². The van der Waals surface area contributed by atoms with Gasteiger partial charge in [-0.1, -0.05) is 6.08 Å². The number of aliphatic carboxylic acids is 1. The predicted octanol–water partition coefficient (Wildman–Crippen LogP) is 2.17. The first-order valence-corrected chi connectivity index (χ1v) is 6.84. The molecule has 0 atom stereocenters. The minimum absolute atomic E-state index is 0.0705. The second-order valence-electron chi connectivity index (χ2n) is 4.87. The highest BCUT2D eigenvalue weighted by atomic mass is 16.5. The van der Waals surface area contributed by atoms with Crippen LogP contribution in [0.3, 0.4) is 0 Å². The molecule has 0 radical (unpaired) electrons. The lowest BCUT2D eigenvalue weighted by Gasteiger charge is -2.09. The van der Waals surface area contributed by atoms with Gasteiger partial charge in [-0.15, -0.1) is 0 Å². The fraction of sp³-hybridized carbons (Fsp3) is 0.250. The number of hydrogen-bond donors (Lipinski definition) is 2. The van der Waals surface area contributed by atoms with Crippen LogP contribution in [0.25, 0.3) is 12.2 Å². The average molecular weight is 318 g/mol. The number of aromatic nitrogens is 2. The fourth-order valence-electron chi connectivity index (χ4n) is 2.15. The first kappa shape index (κ1) is 16.4. The van der Waals surface area contributed by atoms with Crippen LogP contribution in [-0.2, 0) is 11.3 Å². The van der Waals surface area contributed by atoms with Crippen molar-refractivity contribution in [3.8, 4) is 17.2 Å². The van der Waals surface area contributed by atoms with E-state index in [-0.39, 0.29) is 12.3 Å². The van der Waals surface area contributed by atoms with Crippen LogP contribution in [0.2, 0.25) is 0 Å². The summed E-state index contributed by atoms with van der Waals surface area (Å²) >= 11 is 0. The highest BCUT2D eigenvalue weighted by molar-refractivity contribution is 5.72. The minimum Gasteiger partial charge on any atom is -0.502 e. The molecule has 1 heterocycles. The number of rotatable bonds is 6. The Morgan fingerprint density at radius 1 is 1.22 bits per heavy atom. The lowest BCUT2D eigenvalue weighted by Crippen LogP contribution is -2.11. The van der Waals surface area contributed by atoms with Crippen molar-refractivity contribution in [2.45, 2.75) is 13.5 Å². The highest BCUT2D eigenvalue weighted by Gasteiger charge is 2.10. The molecular weight excluding hydrogens is 300 g/mol. The number of benzene rings is 1. The summed E-state index contributed by atoms with van der Waals surface area (Å²) in [5, 5.41) is 22.9. The van der Waals surface area contributed by atoms with E-state index in [4.69, 9.17) is 14.6 Å². The molecule has 0 aliphatic carbocycles. The van der Waals surface area contributed by atoms with Crippen LogP contribution in [0.5, 0.6) is 17.2 Å². The molecule has 0 bridgehead atoms. The van der Waals surface area contributed by atoms with Crippen LogP contribution in [-0.4, -0.2) is 40.2 Å². The summed E-state index contributed by atoms with van der Waals surface area (Å²) in [5.74, 6) is -0.451. The summed E-state index contributed by atoms with van der Waals surface area (Å²) in [6.07, 6.45) is 3.51. The van der Waals surface area contributed by atoms with E-state index in [9.17, 15) is 9.90 Å². The summed E-state index contributed by atoms with van der Waals surface area (Å²) in [7, 11) is 2.90. The lowest BCUT2D eigenvalue weighted by atomic mass is 10.1. The third-order valence-corrected chi connectivity index (χ3v) is 3.17. The molecule has 122 valence electrons. The Bertz CT molecular complexity index is 724. The van der Waals surface area contributed by atoms with Crippen LogP contribution in [0.15, 0.2) is 18.2 Å². The van der Waals surface area contributed by atoms with Crippen molar-refractivity contribution in [3.63, 3.8) is 0 Å². The van der Waals surface area contributed by atoms with Crippen molar-refractivity contribution in [2.75, 3.05) is 14.2 Å². The van der Waals surface area contributed by atoms with Gasteiger partial charge in [0.05, 0.1) is 25.6 Å². The third-order valence-electron chi connectivity index (χ3n) is 3.17. The molecule has 2 N–H and O–H groups in total. The van der Waals surface area contributed by atoms with Gasteiger partial charge in [0.15, 0.2) is 11.5 Å². The van der Waals surface area contributed by atoms with Crippen molar-refractivity contribution in [2.24, 2.45) is 0 Å². The van der Waals surface area contributed by atoms with Crippen molar-refractivity contribution in [3.05, 3.63) is 35.2 Å². The van der Waals surface area contributed by atoms with E-state index in [0.717, 1.165) is 11.3 Å². The van der Waals surface area contributed by atoms with E-state index < -0.39 is 5.97 Å². The molecule has 0 saturated carbocycles. The number of hydrogen-bond acceptors (Lipinski definition) is 5. The molecule has 0 spiro atoms. The van der Waals surface area contributed by atoms with Gasteiger partial charge in [-0.05, 0) is 36.8 Å². The topological polar surface area (TPSA) is 93.8 Å². The maximum absolute atomic E-state index is 10.9. The number of aromatic hydroxyl groups is 1. The van der Waals surface area contributed by atoms with E-state index in [1.807, 2.05) is 0 Å². The van der Waals surface area contributed by atoms with E-state index in [2.05, 4.69) is 5.10 Å². The quantitative estimate of drug-likeness (QED) is 0.848. The van der Waals surface area contributed by atoms with Crippen LogP contribution < -0.4 is 9.47 Å². The Balaban J connectivity index is 2.35. The lowest BCUT2D eigenvalue weighted by molar-refractivity contribution is -0.137. The van der Waals surface area contributed by atoms with E-state index >= 15 is 0 Å². The number of carboxylic acids is 1. The molecule has 7 nitrogen and oxygen atoms in total. The van der Waals surface area contributed by atoms with E-state index in [1.165, 1.54) is 18.9 Å². The zero-order valence-corrected chi connectivity index (χ0v) is 13.1. The number of carbonyl (C=O) groups is 1. The molecule has 0 fully saturated rings. The molecule has 0 aliphatic heterocycles. The van der Waals surface area contributed by atoms with Crippen LogP contribution >= 0.6 is 0 Å². The number of phenols is 1. The summed E-state index contributed by atoms with van der Waals surface area (Å²) in [6.45, 7) is 1.58. The number of aryl methyl sites for hydroxylation is 1. The first-order valence-electron chi connectivity index (χ1n) is 6.84. The Morgan fingerprint density at radius 3 is 2.35 bits per heavy atom. The minimum atomic E-state index is -0.962. The van der Waals surface area contributed by atoms with Gasteiger partial charge in [0, 0.05) is 0 Å². The molecular formula is C16H18N2O5. The van der Waals surface area contributed by atoms with Crippen LogP contribution in [0.4, 0.5) is 0 Å². The predicted molar refractivity (Wildman–Crippen MR) is 84.7 cm³/mol. The second-order valence-corrected chi connectivity index (χ2v) is 4.87. The van der Waals surface area contributed by atoms with Gasteiger partial charge in [-0.3, -0.25) is 9.48 Å². The van der Waals surface area contributed by atoms with Crippen molar-refractivity contribution >= 4 is 18.1 Å². The number of carboxylic acid groups (broad SMARTS) is 1. The first-order chi connectivity index (χ1) is 10.9. The van der Waals surface area contributed by atoms with E-state index in [1.54, 1.807) is 37.3 Å². The van der Waals surface area contributed by atoms with Crippen molar-refractivity contribution in [1.29, 1.82) is 0 Å². The summed E-state index contributed by atoms with van der Waals surface area (Å²) in [4.78, 5) is 10.9. The standard InChI is InChI=1S/C16H18N2O5/c1-10-6-12(18(17-10)9-15(19)20)5-4-11-7-13(22-2)16(21)14(8-11)23-3/h4-8,21H,9H2,1-3H3,(H,19,20)/b5-4+. The Kier molecular flexibility index (Phi) is 4.90. The second kappa shape index (κ2) is 6.87. The highest BCUT2D eigenvalue weighted by Crippen LogP contribution is 2.37. The van der Waals surface area contributed by atoms with Gasteiger partial charge in [-0.2, -0.15) is 5.10 Å². The largest absolute Gasteiger partial charge is 0.502 e. The Morgan fingerprint density at radius 2 is 1.83 bits per heavy atom. The normalized spacial score (nSPS) is 10.9. The van der Waals surface area contributed by atoms with Gasteiger partial charge in [-0.25, -0.2) is 0 Å². The monoisotopic (exact) mass is 318 g/mol. The third kappa shape index (κ3) is 3.82. The summed E-state index contributed by atoms with van der Waals surface area (Å²) in [5.41, 5.74) is 2.12. The average Bonchev–Trinajstić information content (AvgIpc) is 2.85. The SMILES string of the molecule is COc1cc(/C=C/c2cc(C)nn2CC(=O)O)cc(OC)c1O. The summed E-state index contributed by atoms with van der Waals surface area (Å²) in [6, 6.07) is 5.09. The smallest absolute Gasteiger partial charge is 0.325 e. The fourth-order valence-corrected chi connectivity index (χ4v) is 2.15. The zero-order valence-electron chi connectivity index (χ0n) is 13.1. The number of methoxy groups -OCH3 is 2. The Hall–Kier alpha value is -2.96. The molecule has 7 heteroatoms. The van der Waals surface area contributed by atoms with Gasteiger partial charge in [0.1, 0.15) is 6.54 Å². The Labute approximate surface area is 133 Å². The molecule has 2 aromatic rings.